The lowest BCUT2D eigenvalue weighted by Gasteiger charge is -2.06. The van der Waals surface area contributed by atoms with Crippen LogP contribution in [0.4, 0.5) is 0 Å². The van der Waals surface area contributed by atoms with Crippen LogP contribution in [-0.4, -0.2) is 23.9 Å². The molecule has 18 heavy (non-hydrogen) atoms. The van der Waals surface area contributed by atoms with Gasteiger partial charge in [-0.1, -0.05) is 0 Å². The molecule has 0 unspecified atom stereocenters. The summed E-state index contributed by atoms with van der Waals surface area (Å²) in [6, 6.07) is 0. The SMILES string of the molecule is O=C1CCCCC(=O)OC(=O)CCCCC(=O)O1. The molecule has 1 saturated heterocycles. The Morgan fingerprint density at radius 2 is 0.722 bits per heavy atom. The first-order valence-corrected chi connectivity index (χ1v) is 6.05. The summed E-state index contributed by atoms with van der Waals surface area (Å²) in [5.74, 6) is -2.27. The maximum absolute atomic E-state index is 11.2. The van der Waals surface area contributed by atoms with E-state index >= 15 is 0 Å². The van der Waals surface area contributed by atoms with Gasteiger partial charge in [-0.2, -0.15) is 0 Å². The number of ether oxygens (including phenoxy) is 2. The minimum atomic E-state index is -0.568. The van der Waals surface area contributed by atoms with E-state index in [0.29, 0.717) is 25.7 Å². The third-order valence-corrected chi connectivity index (χ3v) is 2.48. The average molecular weight is 256 g/mol. The van der Waals surface area contributed by atoms with Crippen LogP contribution in [0.25, 0.3) is 0 Å². The van der Waals surface area contributed by atoms with Gasteiger partial charge in [0, 0.05) is 25.7 Å². The van der Waals surface area contributed by atoms with E-state index in [1.807, 2.05) is 0 Å². The molecule has 0 aromatic heterocycles. The Kier molecular flexibility index (Phi) is 6.04. The molecule has 0 radical (unpaired) electrons. The highest BCUT2D eigenvalue weighted by molar-refractivity contribution is 5.86. The minimum Gasteiger partial charge on any atom is -0.393 e. The van der Waals surface area contributed by atoms with Crippen LogP contribution >= 0.6 is 0 Å². The summed E-state index contributed by atoms with van der Waals surface area (Å²) >= 11 is 0. The number of hydrogen-bond acceptors (Lipinski definition) is 6. The molecule has 0 saturated carbocycles. The highest BCUT2D eigenvalue weighted by Crippen LogP contribution is 2.08. The number of esters is 4. The first-order chi connectivity index (χ1) is 8.58. The molecule has 0 bridgehead atoms. The quantitative estimate of drug-likeness (QED) is 0.479. The Labute approximate surface area is 105 Å². The van der Waals surface area contributed by atoms with Gasteiger partial charge in [0.25, 0.3) is 0 Å². The molecule has 0 atom stereocenters. The average Bonchev–Trinajstić information content (AvgIpc) is 2.29. The molecule has 1 aliphatic heterocycles. The Bertz CT molecular complexity index is 280. The molecular weight excluding hydrogens is 240 g/mol. The van der Waals surface area contributed by atoms with Gasteiger partial charge in [-0.3, -0.25) is 19.2 Å². The molecule has 6 nitrogen and oxygen atoms in total. The van der Waals surface area contributed by atoms with Gasteiger partial charge in [0.2, 0.25) is 0 Å². The molecule has 1 aliphatic rings. The fraction of sp³-hybridized carbons (Fsp3) is 0.667. The normalized spacial score (nSPS) is 20.9. The number of carbonyl (C=O) groups is 4. The van der Waals surface area contributed by atoms with Gasteiger partial charge in [-0.15, -0.1) is 0 Å². The maximum atomic E-state index is 11.2. The van der Waals surface area contributed by atoms with Gasteiger partial charge >= 0.3 is 23.9 Å². The van der Waals surface area contributed by atoms with Crippen LogP contribution in [0.5, 0.6) is 0 Å². The topological polar surface area (TPSA) is 86.7 Å². The summed E-state index contributed by atoms with van der Waals surface area (Å²) < 4.78 is 9.14. The number of cyclic esters (lactones) is 4. The second kappa shape index (κ2) is 7.58. The molecule has 1 fully saturated rings. The van der Waals surface area contributed by atoms with Crippen LogP contribution in [0, 0.1) is 0 Å². The standard InChI is InChI=1S/C12H16O6/c13-9-5-1-2-6-10(14)18-12(16)8-4-3-7-11(15)17-9/h1-8H2. The molecule has 6 heteroatoms. The monoisotopic (exact) mass is 256 g/mol. The van der Waals surface area contributed by atoms with E-state index in [1.165, 1.54) is 0 Å². The van der Waals surface area contributed by atoms with Crippen molar-refractivity contribution in [3.8, 4) is 0 Å². The van der Waals surface area contributed by atoms with Crippen molar-refractivity contribution in [2.45, 2.75) is 51.4 Å². The molecule has 0 aliphatic carbocycles. The number of carbonyl (C=O) groups excluding carboxylic acids is 4. The molecule has 1 rings (SSSR count). The minimum absolute atomic E-state index is 0.0902. The highest BCUT2D eigenvalue weighted by atomic mass is 16.6. The summed E-state index contributed by atoms with van der Waals surface area (Å²) in [4.78, 5) is 44.7. The Balaban J connectivity index is 2.46. The van der Waals surface area contributed by atoms with Crippen molar-refractivity contribution in [3.05, 3.63) is 0 Å². The second-order valence-electron chi connectivity index (χ2n) is 4.11. The summed E-state index contributed by atoms with van der Waals surface area (Å²) in [7, 11) is 0. The third kappa shape index (κ3) is 6.12. The molecule has 0 N–H and O–H groups in total. The third-order valence-electron chi connectivity index (χ3n) is 2.48. The smallest absolute Gasteiger partial charge is 0.313 e. The molecule has 100 valence electrons. The molecular formula is C12H16O6. The first-order valence-electron chi connectivity index (χ1n) is 6.05. The van der Waals surface area contributed by atoms with E-state index in [9.17, 15) is 19.2 Å². The van der Waals surface area contributed by atoms with Crippen LogP contribution < -0.4 is 0 Å². The van der Waals surface area contributed by atoms with E-state index in [0.717, 1.165) is 0 Å². The number of rotatable bonds is 0. The van der Waals surface area contributed by atoms with E-state index in [4.69, 9.17) is 0 Å². The van der Waals surface area contributed by atoms with E-state index in [1.54, 1.807) is 0 Å². The van der Waals surface area contributed by atoms with E-state index in [-0.39, 0.29) is 25.7 Å². The fourth-order valence-electron chi connectivity index (χ4n) is 1.54. The van der Waals surface area contributed by atoms with Crippen LogP contribution in [0.3, 0.4) is 0 Å². The predicted octanol–water partition coefficient (Wildman–Crippen LogP) is 1.26. The van der Waals surface area contributed by atoms with Gasteiger partial charge < -0.3 is 9.47 Å². The lowest BCUT2D eigenvalue weighted by Crippen LogP contribution is -2.15. The van der Waals surface area contributed by atoms with Crippen LogP contribution in [0.15, 0.2) is 0 Å². The van der Waals surface area contributed by atoms with Gasteiger partial charge in [0.1, 0.15) is 0 Å². The van der Waals surface area contributed by atoms with Crippen molar-refractivity contribution in [3.63, 3.8) is 0 Å². The zero-order valence-corrected chi connectivity index (χ0v) is 10.1. The molecule has 0 amide bonds. The Hall–Kier alpha value is -1.72. The zero-order chi connectivity index (χ0) is 13.4. The first kappa shape index (κ1) is 14.3. The van der Waals surface area contributed by atoms with Crippen molar-refractivity contribution in [1.29, 1.82) is 0 Å². The fourth-order valence-corrected chi connectivity index (χ4v) is 1.54. The Morgan fingerprint density at radius 3 is 0.944 bits per heavy atom. The summed E-state index contributed by atoms with van der Waals surface area (Å²) in [5.41, 5.74) is 0. The van der Waals surface area contributed by atoms with E-state index < -0.39 is 23.9 Å². The Morgan fingerprint density at radius 1 is 0.500 bits per heavy atom. The lowest BCUT2D eigenvalue weighted by atomic mass is 10.2. The second-order valence-corrected chi connectivity index (χ2v) is 4.11. The van der Waals surface area contributed by atoms with Crippen LogP contribution in [0.2, 0.25) is 0 Å². The summed E-state index contributed by atoms with van der Waals surface area (Å²) in [6.45, 7) is 0. The van der Waals surface area contributed by atoms with Crippen molar-refractivity contribution in [2.24, 2.45) is 0 Å². The predicted molar refractivity (Wildman–Crippen MR) is 59.1 cm³/mol. The van der Waals surface area contributed by atoms with Gasteiger partial charge in [-0.05, 0) is 25.7 Å². The zero-order valence-electron chi connectivity index (χ0n) is 10.1. The van der Waals surface area contributed by atoms with Crippen molar-refractivity contribution >= 4 is 23.9 Å². The van der Waals surface area contributed by atoms with Crippen molar-refractivity contribution in [2.75, 3.05) is 0 Å². The molecule has 0 aromatic rings. The largest absolute Gasteiger partial charge is 0.393 e. The van der Waals surface area contributed by atoms with Gasteiger partial charge in [0.05, 0.1) is 0 Å². The van der Waals surface area contributed by atoms with Gasteiger partial charge in [-0.25, -0.2) is 0 Å². The summed E-state index contributed by atoms with van der Waals surface area (Å²) in [6.07, 6.45) is 2.06. The lowest BCUT2D eigenvalue weighted by molar-refractivity contribution is -0.163. The summed E-state index contributed by atoms with van der Waals surface area (Å²) in [5, 5.41) is 0. The molecule has 0 spiro atoms. The van der Waals surface area contributed by atoms with Crippen molar-refractivity contribution < 1.29 is 28.7 Å². The van der Waals surface area contributed by atoms with E-state index in [2.05, 4.69) is 9.47 Å². The molecule has 0 aromatic carbocycles. The van der Waals surface area contributed by atoms with Crippen LogP contribution in [0.1, 0.15) is 51.4 Å². The molecule has 1 heterocycles. The van der Waals surface area contributed by atoms with Crippen molar-refractivity contribution in [1.82, 2.24) is 0 Å². The highest BCUT2D eigenvalue weighted by Gasteiger charge is 2.14. The number of hydrogen-bond donors (Lipinski definition) is 0. The van der Waals surface area contributed by atoms with Gasteiger partial charge in [0.15, 0.2) is 0 Å². The van der Waals surface area contributed by atoms with Crippen LogP contribution in [-0.2, 0) is 28.7 Å². The maximum Gasteiger partial charge on any atom is 0.313 e.